The summed E-state index contributed by atoms with van der Waals surface area (Å²) in [5, 5.41) is 0. The number of nitrogens with zero attached hydrogens (tertiary/aromatic N) is 1. The second-order valence-corrected chi connectivity index (χ2v) is 9.57. The van der Waals surface area contributed by atoms with Gasteiger partial charge >= 0.3 is 5.97 Å². The molecule has 4 aromatic rings. The number of carbonyl (C=O) groups is 1. The second kappa shape index (κ2) is 12.5. The van der Waals surface area contributed by atoms with Crippen molar-refractivity contribution in [2.75, 3.05) is 13.2 Å². The Morgan fingerprint density at radius 3 is 2.34 bits per heavy atom. The van der Waals surface area contributed by atoms with Crippen molar-refractivity contribution in [2.24, 2.45) is 0 Å². The first kappa shape index (κ1) is 27.0. The minimum Gasteiger partial charge on any atom is -0.493 e. The maximum absolute atomic E-state index is 12.4. The third kappa shape index (κ3) is 7.03. The summed E-state index contributed by atoms with van der Waals surface area (Å²) in [6.07, 6.45) is 2.19. The molecule has 6 heteroatoms. The molecule has 0 aliphatic heterocycles. The summed E-state index contributed by atoms with van der Waals surface area (Å²) in [6, 6.07) is 25.9. The van der Waals surface area contributed by atoms with Gasteiger partial charge in [0.15, 0.2) is 5.60 Å². The van der Waals surface area contributed by atoms with Crippen molar-refractivity contribution >= 4 is 5.97 Å². The summed E-state index contributed by atoms with van der Waals surface area (Å²) in [5.41, 5.74) is 2.91. The van der Waals surface area contributed by atoms with Gasteiger partial charge in [0.1, 0.15) is 17.3 Å². The van der Waals surface area contributed by atoms with E-state index < -0.39 is 11.6 Å². The first-order valence-corrected chi connectivity index (χ1v) is 13.0. The van der Waals surface area contributed by atoms with Crippen LogP contribution in [0.15, 0.2) is 83.3 Å². The molecule has 6 nitrogen and oxygen atoms in total. The smallest absolute Gasteiger partial charge is 0.349 e. The normalized spacial score (nSPS) is 11.3. The molecular formula is C32H35NO5. The molecule has 0 unspecified atom stereocenters. The number of aromatic nitrogens is 1. The lowest BCUT2D eigenvalue weighted by Gasteiger charge is -2.26. The molecule has 198 valence electrons. The topological polar surface area (TPSA) is 70.8 Å². The van der Waals surface area contributed by atoms with Crippen LogP contribution in [0, 0.1) is 6.92 Å². The molecule has 0 bridgehead atoms. The standard InChI is InChI=1S/C32H35NO5/c1-5-35-31(34)32(3,4)38-29-19-18-27(22-26(29)17-16-24-12-8-6-9-13-24)36-21-20-28-23(2)37-30(33-28)25-14-10-7-11-15-25/h6-15,18-19,22H,5,16-17,20-21H2,1-4H3. The van der Waals surface area contributed by atoms with Crippen LogP contribution in [0.2, 0.25) is 0 Å². The highest BCUT2D eigenvalue weighted by atomic mass is 16.6. The van der Waals surface area contributed by atoms with Crippen LogP contribution in [0.4, 0.5) is 0 Å². The molecule has 0 saturated heterocycles. The maximum Gasteiger partial charge on any atom is 0.349 e. The summed E-state index contributed by atoms with van der Waals surface area (Å²) in [5.74, 6) is 2.39. The van der Waals surface area contributed by atoms with Crippen LogP contribution in [-0.2, 0) is 28.8 Å². The Hall–Kier alpha value is -4.06. The number of oxazole rings is 1. The van der Waals surface area contributed by atoms with E-state index in [0.29, 0.717) is 31.3 Å². The van der Waals surface area contributed by atoms with E-state index in [1.54, 1.807) is 20.8 Å². The van der Waals surface area contributed by atoms with Crippen molar-refractivity contribution in [3.8, 4) is 23.0 Å². The van der Waals surface area contributed by atoms with Crippen molar-refractivity contribution in [3.05, 3.63) is 101 Å². The third-order valence-corrected chi connectivity index (χ3v) is 6.21. The molecule has 0 aliphatic rings. The average molecular weight is 514 g/mol. The first-order chi connectivity index (χ1) is 18.4. The zero-order valence-electron chi connectivity index (χ0n) is 22.5. The SMILES string of the molecule is CCOC(=O)C(C)(C)Oc1ccc(OCCc2nc(-c3ccccc3)oc2C)cc1CCc1ccccc1. The fraction of sp³-hybridized carbons (Fsp3) is 0.312. The van der Waals surface area contributed by atoms with E-state index in [4.69, 9.17) is 18.6 Å². The fourth-order valence-electron chi connectivity index (χ4n) is 4.12. The molecule has 3 aromatic carbocycles. The van der Waals surface area contributed by atoms with Gasteiger partial charge in [0, 0.05) is 12.0 Å². The van der Waals surface area contributed by atoms with E-state index in [0.717, 1.165) is 41.2 Å². The van der Waals surface area contributed by atoms with Gasteiger partial charge in [0.2, 0.25) is 5.89 Å². The van der Waals surface area contributed by atoms with Crippen molar-refractivity contribution < 1.29 is 23.4 Å². The number of aryl methyl sites for hydroxylation is 3. The van der Waals surface area contributed by atoms with Crippen LogP contribution in [0.3, 0.4) is 0 Å². The molecular weight excluding hydrogens is 478 g/mol. The van der Waals surface area contributed by atoms with Crippen molar-refractivity contribution in [2.45, 2.75) is 52.6 Å². The zero-order chi connectivity index (χ0) is 27.0. The lowest BCUT2D eigenvalue weighted by molar-refractivity contribution is -0.158. The van der Waals surface area contributed by atoms with E-state index in [1.807, 2.05) is 73.7 Å². The molecule has 1 aromatic heterocycles. The van der Waals surface area contributed by atoms with Crippen LogP contribution in [0.5, 0.6) is 11.5 Å². The average Bonchev–Trinajstić information content (AvgIpc) is 3.30. The summed E-state index contributed by atoms with van der Waals surface area (Å²) < 4.78 is 23.4. The second-order valence-electron chi connectivity index (χ2n) is 9.57. The zero-order valence-corrected chi connectivity index (χ0v) is 22.5. The highest BCUT2D eigenvalue weighted by molar-refractivity contribution is 5.79. The van der Waals surface area contributed by atoms with Gasteiger partial charge in [-0.05, 0) is 82.0 Å². The summed E-state index contributed by atoms with van der Waals surface area (Å²) in [4.78, 5) is 17.1. The predicted octanol–water partition coefficient (Wildman–Crippen LogP) is 6.78. The van der Waals surface area contributed by atoms with E-state index >= 15 is 0 Å². The highest BCUT2D eigenvalue weighted by Crippen LogP contribution is 2.30. The number of carbonyl (C=O) groups excluding carboxylic acids is 1. The molecule has 38 heavy (non-hydrogen) atoms. The highest BCUT2D eigenvalue weighted by Gasteiger charge is 2.32. The van der Waals surface area contributed by atoms with Gasteiger partial charge in [-0.3, -0.25) is 0 Å². The van der Waals surface area contributed by atoms with Gasteiger partial charge in [0.25, 0.3) is 0 Å². The number of hydrogen-bond acceptors (Lipinski definition) is 6. The fourth-order valence-corrected chi connectivity index (χ4v) is 4.12. The molecule has 0 aliphatic carbocycles. The van der Waals surface area contributed by atoms with E-state index in [-0.39, 0.29) is 0 Å². The van der Waals surface area contributed by atoms with Gasteiger partial charge < -0.3 is 18.6 Å². The molecule has 0 atom stereocenters. The van der Waals surface area contributed by atoms with Crippen molar-refractivity contribution in [3.63, 3.8) is 0 Å². The Bertz CT molecular complexity index is 1330. The van der Waals surface area contributed by atoms with Gasteiger partial charge in [-0.25, -0.2) is 9.78 Å². The Morgan fingerprint density at radius 1 is 0.921 bits per heavy atom. The monoisotopic (exact) mass is 513 g/mol. The third-order valence-electron chi connectivity index (χ3n) is 6.21. The largest absolute Gasteiger partial charge is 0.493 e. The quantitative estimate of drug-likeness (QED) is 0.195. The Morgan fingerprint density at radius 2 is 1.63 bits per heavy atom. The molecule has 4 rings (SSSR count). The van der Waals surface area contributed by atoms with Crippen molar-refractivity contribution in [1.29, 1.82) is 0 Å². The Kier molecular flexibility index (Phi) is 8.85. The van der Waals surface area contributed by atoms with Gasteiger partial charge in [-0.1, -0.05) is 48.5 Å². The van der Waals surface area contributed by atoms with Crippen LogP contribution >= 0.6 is 0 Å². The number of hydrogen-bond donors (Lipinski definition) is 0. The van der Waals surface area contributed by atoms with Crippen LogP contribution in [0.25, 0.3) is 11.5 Å². The van der Waals surface area contributed by atoms with E-state index in [9.17, 15) is 4.79 Å². The van der Waals surface area contributed by atoms with Gasteiger partial charge in [-0.15, -0.1) is 0 Å². The molecule has 0 fully saturated rings. The Labute approximate surface area is 224 Å². The summed E-state index contributed by atoms with van der Waals surface area (Å²) in [6.45, 7) is 7.91. The van der Waals surface area contributed by atoms with E-state index in [2.05, 4.69) is 17.1 Å². The first-order valence-electron chi connectivity index (χ1n) is 13.0. The molecule has 0 N–H and O–H groups in total. The van der Waals surface area contributed by atoms with Crippen LogP contribution < -0.4 is 9.47 Å². The number of rotatable bonds is 12. The molecule has 0 saturated carbocycles. The molecule has 0 radical (unpaired) electrons. The molecule has 0 spiro atoms. The minimum absolute atomic E-state index is 0.303. The lowest BCUT2D eigenvalue weighted by atomic mass is 10.0. The summed E-state index contributed by atoms with van der Waals surface area (Å²) >= 11 is 0. The number of esters is 1. The van der Waals surface area contributed by atoms with Crippen molar-refractivity contribution in [1.82, 2.24) is 4.98 Å². The van der Waals surface area contributed by atoms with Gasteiger partial charge in [-0.2, -0.15) is 0 Å². The van der Waals surface area contributed by atoms with E-state index in [1.165, 1.54) is 5.56 Å². The maximum atomic E-state index is 12.4. The number of ether oxygens (including phenoxy) is 3. The summed E-state index contributed by atoms with van der Waals surface area (Å²) in [7, 11) is 0. The van der Waals surface area contributed by atoms with Crippen LogP contribution in [0.1, 0.15) is 43.4 Å². The molecule has 1 heterocycles. The minimum atomic E-state index is -1.11. The lowest BCUT2D eigenvalue weighted by Crippen LogP contribution is -2.40. The molecule has 0 amide bonds. The Balaban J connectivity index is 1.46. The van der Waals surface area contributed by atoms with Crippen LogP contribution in [-0.4, -0.2) is 29.8 Å². The predicted molar refractivity (Wildman–Crippen MR) is 148 cm³/mol. The number of benzene rings is 3. The van der Waals surface area contributed by atoms with Gasteiger partial charge in [0.05, 0.1) is 18.9 Å².